The van der Waals surface area contributed by atoms with Gasteiger partial charge in [-0.2, -0.15) is 0 Å². The van der Waals surface area contributed by atoms with E-state index in [1.54, 1.807) is 0 Å². The lowest BCUT2D eigenvalue weighted by atomic mass is 10.1. The Labute approximate surface area is 127 Å². The molecule has 0 aromatic heterocycles. The third kappa shape index (κ3) is 3.63. The summed E-state index contributed by atoms with van der Waals surface area (Å²) in [6.45, 7) is 6.95. The number of benzene rings is 1. The standard InChI is InChI=1S/C17H25N3O/c1-18-10-12-19(13-11-18)14-17(21)15-4-6-16(7-5-15)20-8-2-3-9-20/h4-7H,2-3,8-14H2,1H3. The first kappa shape index (κ1) is 14.5. The molecule has 0 bridgehead atoms. The van der Waals surface area contributed by atoms with Crippen molar-refractivity contribution in [2.45, 2.75) is 12.8 Å². The van der Waals surface area contributed by atoms with Crippen molar-refractivity contribution in [2.24, 2.45) is 0 Å². The zero-order chi connectivity index (χ0) is 14.7. The lowest BCUT2D eigenvalue weighted by Crippen LogP contribution is -2.46. The summed E-state index contributed by atoms with van der Waals surface area (Å²) in [5.41, 5.74) is 2.10. The average Bonchev–Trinajstić information content (AvgIpc) is 3.04. The van der Waals surface area contributed by atoms with Crippen LogP contribution in [0.1, 0.15) is 23.2 Å². The van der Waals surface area contributed by atoms with Crippen molar-refractivity contribution in [1.82, 2.24) is 9.80 Å². The molecule has 0 amide bonds. The number of piperazine rings is 1. The van der Waals surface area contributed by atoms with E-state index in [0.29, 0.717) is 6.54 Å². The van der Waals surface area contributed by atoms with E-state index in [1.807, 2.05) is 12.1 Å². The number of hydrogen-bond acceptors (Lipinski definition) is 4. The van der Waals surface area contributed by atoms with E-state index in [9.17, 15) is 4.79 Å². The van der Waals surface area contributed by atoms with Crippen molar-refractivity contribution in [3.05, 3.63) is 29.8 Å². The van der Waals surface area contributed by atoms with Crippen LogP contribution < -0.4 is 4.90 Å². The molecular weight excluding hydrogens is 262 g/mol. The SMILES string of the molecule is CN1CCN(CC(=O)c2ccc(N3CCCC3)cc2)CC1. The Bertz CT molecular complexity index is 471. The fourth-order valence-corrected chi connectivity index (χ4v) is 3.13. The Hall–Kier alpha value is -1.39. The molecule has 0 saturated carbocycles. The Morgan fingerprint density at radius 3 is 2.19 bits per heavy atom. The van der Waals surface area contributed by atoms with E-state index in [0.717, 1.165) is 44.8 Å². The van der Waals surface area contributed by atoms with Gasteiger partial charge in [0.15, 0.2) is 5.78 Å². The molecule has 2 saturated heterocycles. The second-order valence-corrected chi connectivity index (χ2v) is 6.24. The van der Waals surface area contributed by atoms with Crippen molar-refractivity contribution in [3.63, 3.8) is 0 Å². The van der Waals surface area contributed by atoms with Crippen LogP contribution in [-0.2, 0) is 0 Å². The lowest BCUT2D eigenvalue weighted by molar-refractivity contribution is 0.0876. The maximum absolute atomic E-state index is 12.4. The van der Waals surface area contributed by atoms with Crippen LogP contribution in [0.2, 0.25) is 0 Å². The van der Waals surface area contributed by atoms with Gasteiger partial charge < -0.3 is 9.80 Å². The van der Waals surface area contributed by atoms with E-state index in [1.165, 1.54) is 18.5 Å². The van der Waals surface area contributed by atoms with Crippen molar-refractivity contribution in [1.29, 1.82) is 0 Å². The summed E-state index contributed by atoms with van der Waals surface area (Å²) in [6, 6.07) is 8.18. The number of Topliss-reactive ketones (excluding diaryl/α,β-unsaturated/α-hetero) is 1. The highest BCUT2D eigenvalue weighted by Gasteiger charge is 2.18. The molecule has 1 aromatic rings. The maximum Gasteiger partial charge on any atom is 0.176 e. The van der Waals surface area contributed by atoms with Crippen LogP contribution in [0.25, 0.3) is 0 Å². The van der Waals surface area contributed by atoms with Gasteiger partial charge in [-0.15, -0.1) is 0 Å². The number of rotatable bonds is 4. The first-order valence-corrected chi connectivity index (χ1v) is 8.01. The summed E-state index contributed by atoms with van der Waals surface area (Å²) >= 11 is 0. The van der Waals surface area contributed by atoms with Gasteiger partial charge in [-0.3, -0.25) is 9.69 Å². The number of ketones is 1. The smallest absolute Gasteiger partial charge is 0.176 e. The summed E-state index contributed by atoms with van der Waals surface area (Å²) in [6.07, 6.45) is 2.56. The molecule has 2 heterocycles. The number of hydrogen-bond donors (Lipinski definition) is 0. The predicted molar refractivity (Wildman–Crippen MR) is 86.2 cm³/mol. The molecule has 21 heavy (non-hydrogen) atoms. The molecule has 2 fully saturated rings. The zero-order valence-corrected chi connectivity index (χ0v) is 12.9. The third-order valence-electron chi connectivity index (χ3n) is 4.62. The van der Waals surface area contributed by atoms with Gasteiger partial charge in [-0.1, -0.05) is 0 Å². The summed E-state index contributed by atoms with van der Waals surface area (Å²) in [5, 5.41) is 0. The Morgan fingerprint density at radius 1 is 0.952 bits per heavy atom. The van der Waals surface area contributed by atoms with Gasteiger partial charge >= 0.3 is 0 Å². The molecular formula is C17H25N3O. The number of carbonyl (C=O) groups excluding carboxylic acids is 1. The highest BCUT2D eigenvalue weighted by molar-refractivity contribution is 5.97. The number of carbonyl (C=O) groups is 1. The van der Waals surface area contributed by atoms with Crippen LogP contribution in [-0.4, -0.2) is 68.4 Å². The molecule has 4 nitrogen and oxygen atoms in total. The number of nitrogens with zero attached hydrogens (tertiary/aromatic N) is 3. The average molecular weight is 287 g/mol. The molecule has 0 unspecified atom stereocenters. The van der Waals surface area contributed by atoms with Gasteiger partial charge in [0.25, 0.3) is 0 Å². The fourth-order valence-electron chi connectivity index (χ4n) is 3.13. The van der Waals surface area contributed by atoms with Gasteiger partial charge in [0.1, 0.15) is 0 Å². The minimum atomic E-state index is 0.243. The number of anilines is 1. The minimum absolute atomic E-state index is 0.243. The highest BCUT2D eigenvalue weighted by Crippen LogP contribution is 2.20. The topological polar surface area (TPSA) is 26.8 Å². The van der Waals surface area contributed by atoms with Crippen molar-refractivity contribution >= 4 is 11.5 Å². The molecule has 0 atom stereocenters. The first-order chi connectivity index (χ1) is 10.2. The van der Waals surface area contributed by atoms with E-state index in [2.05, 4.69) is 33.9 Å². The molecule has 2 aliphatic heterocycles. The molecule has 2 aliphatic rings. The Balaban J connectivity index is 1.57. The van der Waals surface area contributed by atoms with E-state index in [-0.39, 0.29) is 5.78 Å². The Kier molecular flexibility index (Phi) is 4.56. The van der Waals surface area contributed by atoms with Crippen LogP contribution in [0.4, 0.5) is 5.69 Å². The molecule has 0 aliphatic carbocycles. The fraction of sp³-hybridized carbons (Fsp3) is 0.588. The van der Waals surface area contributed by atoms with Crippen LogP contribution in [0.3, 0.4) is 0 Å². The normalized spacial score (nSPS) is 20.9. The molecule has 3 rings (SSSR count). The summed E-state index contributed by atoms with van der Waals surface area (Å²) < 4.78 is 0. The zero-order valence-electron chi connectivity index (χ0n) is 12.9. The van der Waals surface area contributed by atoms with E-state index < -0.39 is 0 Å². The summed E-state index contributed by atoms with van der Waals surface area (Å²) in [4.78, 5) is 19.3. The van der Waals surface area contributed by atoms with Gasteiger partial charge in [0, 0.05) is 50.5 Å². The van der Waals surface area contributed by atoms with Crippen molar-refractivity contribution in [3.8, 4) is 0 Å². The third-order valence-corrected chi connectivity index (χ3v) is 4.62. The molecule has 0 radical (unpaired) electrons. The predicted octanol–water partition coefficient (Wildman–Crippen LogP) is 1.72. The summed E-state index contributed by atoms with van der Waals surface area (Å²) in [7, 11) is 2.14. The molecule has 1 aromatic carbocycles. The Morgan fingerprint density at radius 2 is 1.57 bits per heavy atom. The van der Waals surface area contributed by atoms with Gasteiger partial charge in [0.05, 0.1) is 6.54 Å². The second-order valence-electron chi connectivity index (χ2n) is 6.24. The summed E-state index contributed by atoms with van der Waals surface area (Å²) in [5.74, 6) is 0.243. The first-order valence-electron chi connectivity index (χ1n) is 8.01. The molecule has 0 spiro atoms. The van der Waals surface area contributed by atoms with Gasteiger partial charge in [-0.05, 0) is 44.2 Å². The van der Waals surface area contributed by atoms with Crippen LogP contribution in [0.5, 0.6) is 0 Å². The molecule has 0 N–H and O–H groups in total. The van der Waals surface area contributed by atoms with Crippen LogP contribution in [0, 0.1) is 0 Å². The van der Waals surface area contributed by atoms with E-state index >= 15 is 0 Å². The van der Waals surface area contributed by atoms with Gasteiger partial charge in [-0.25, -0.2) is 0 Å². The number of likely N-dealkylation sites (N-methyl/N-ethyl adjacent to an activating group) is 1. The van der Waals surface area contributed by atoms with E-state index in [4.69, 9.17) is 0 Å². The van der Waals surface area contributed by atoms with Crippen molar-refractivity contribution < 1.29 is 4.79 Å². The largest absolute Gasteiger partial charge is 0.372 e. The molecule has 114 valence electrons. The van der Waals surface area contributed by atoms with Gasteiger partial charge in [0.2, 0.25) is 0 Å². The second kappa shape index (κ2) is 6.58. The maximum atomic E-state index is 12.4. The van der Waals surface area contributed by atoms with Crippen LogP contribution >= 0.6 is 0 Å². The van der Waals surface area contributed by atoms with Crippen LogP contribution in [0.15, 0.2) is 24.3 Å². The highest BCUT2D eigenvalue weighted by atomic mass is 16.1. The quantitative estimate of drug-likeness (QED) is 0.788. The minimum Gasteiger partial charge on any atom is -0.372 e. The monoisotopic (exact) mass is 287 g/mol. The molecule has 4 heteroatoms. The van der Waals surface area contributed by atoms with Crippen molar-refractivity contribution in [2.75, 3.05) is 57.8 Å². The lowest BCUT2D eigenvalue weighted by Gasteiger charge is -2.31.